The Kier molecular flexibility index (Phi) is 3.24. The third kappa shape index (κ3) is 2.63. The topological polar surface area (TPSA) is 55.6 Å². The van der Waals surface area contributed by atoms with Gasteiger partial charge in [0, 0.05) is 17.3 Å². The van der Waals surface area contributed by atoms with E-state index in [9.17, 15) is 0 Å². The number of nitrogens with zero attached hydrogens (tertiary/aromatic N) is 4. The number of anilines is 1. The fourth-order valence-corrected chi connectivity index (χ4v) is 2.43. The molecule has 5 nitrogen and oxygen atoms in total. The molecule has 0 aliphatic heterocycles. The van der Waals surface area contributed by atoms with Gasteiger partial charge in [-0.25, -0.2) is 15.0 Å². The van der Waals surface area contributed by atoms with Crippen LogP contribution in [0.5, 0.6) is 0 Å². The summed E-state index contributed by atoms with van der Waals surface area (Å²) in [6.45, 7) is 2.80. The van der Waals surface area contributed by atoms with E-state index in [-0.39, 0.29) is 0 Å². The van der Waals surface area contributed by atoms with Crippen molar-refractivity contribution < 1.29 is 0 Å². The zero-order valence-corrected chi connectivity index (χ0v) is 11.3. The molecule has 6 heteroatoms. The number of imidazole rings is 1. The van der Waals surface area contributed by atoms with Crippen molar-refractivity contribution >= 4 is 17.0 Å². The van der Waals surface area contributed by atoms with Crippen LogP contribution in [0.4, 0.5) is 5.69 Å². The summed E-state index contributed by atoms with van der Waals surface area (Å²) in [5.41, 5.74) is 3.95. The van der Waals surface area contributed by atoms with E-state index < -0.39 is 0 Å². The van der Waals surface area contributed by atoms with Crippen LogP contribution >= 0.6 is 11.3 Å². The molecule has 96 valence electrons. The maximum absolute atomic E-state index is 4.39. The summed E-state index contributed by atoms with van der Waals surface area (Å²) in [4.78, 5) is 13.9. The van der Waals surface area contributed by atoms with Crippen molar-refractivity contribution in [2.75, 3.05) is 5.32 Å². The van der Waals surface area contributed by atoms with E-state index in [0.29, 0.717) is 0 Å². The van der Waals surface area contributed by atoms with Gasteiger partial charge >= 0.3 is 0 Å². The van der Waals surface area contributed by atoms with Gasteiger partial charge in [0.1, 0.15) is 12.1 Å². The predicted octanol–water partition coefficient (Wildman–Crippen LogP) is 2.64. The highest BCUT2D eigenvalue weighted by atomic mass is 32.1. The van der Waals surface area contributed by atoms with Gasteiger partial charge in [0.25, 0.3) is 0 Å². The van der Waals surface area contributed by atoms with Crippen LogP contribution in [-0.4, -0.2) is 19.5 Å². The molecule has 0 aliphatic carbocycles. The van der Waals surface area contributed by atoms with Crippen molar-refractivity contribution in [2.24, 2.45) is 0 Å². The Bertz CT molecular complexity index is 642. The van der Waals surface area contributed by atoms with E-state index in [0.717, 1.165) is 23.7 Å². The monoisotopic (exact) mass is 271 g/mol. The van der Waals surface area contributed by atoms with E-state index in [1.807, 2.05) is 41.5 Å². The molecule has 0 aromatic carbocycles. The Morgan fingerprint density at radius 3 is 2.89 bits per heavy atom. The standard InChI is InChI=1S/C13H13N5S/c1-10-12(19-9-17-10)7-15-11-2-3-13(16-6-11)18-5-4-14-8-18/h2-6,8-9,15H,7H2,1H3. The number of nitrogens with one attached hydrogen (secondary N) is 1. The summed E-state index contributed by atoms with van der Waals surface area (Å²) in [5.74, 6) is 0.858. The molecule has 0 radical (unpaired) electrons. The number of pyridine rings is 1. The lowest BCUT2D eigenvalue weighted by Crippen LogP contribution is -2.01. The maximum Gasteiger partial charge on any atom is 0.137 e. The summed E-state index contributed by atoms with van der Waals surface area (Å²) in [7, 11) is 0. The number of aromatic nitrogens is 4. The van der Waals surface area contributed by atoms with Crippen LogP contribution in [-0.2, 0) is 6.54 Å². The Morgan fingerprint density at radius 2 is 2.26 bits per heavy atom. The van der Waals surface area contributed by atoms with Gasteiger partial charge in [-0.05, 0) is 19.1 Å². The van der Waals surface area contributed by atoms with Gasteiger partial charge in [0.05, 0.1) is 29.6 Å². The minimum Gasteiger partial charge on any atom is -0.379 e. The largest absolute Gasteiger partial charge is 0.379 e. The fraction of sp³-hybridized carbons (Fsp3) is 0.154. The SMILES string of the molecule is Cc1ncsc1CNc1ccc(-n2ccnc2)nc1. The second-order valence-corrected chi connectivity index (χ2v) is 5.03. The third-order valence-electron chi connectivity index (χ3n) is 2.81. The molecule has 0 saturated carbocycles. The molecule has 3 rings (SSSR count). The molecule has 3 aromatic rings. The van der Waals surface area contributed by atoms with Gasteiger partial charge < -0.3 is 5.32 Å². The van der Waals surface area contributed by atoms with Crippen LogP contribution in [0.15, 0.2) is 42.6 Å². The maximum atomic E-state index is 4.39. The van der Waals surface area contributed by atoms with E-state index in [4.69, 9.17) is 0 Å². The molecule has 0 aliphatic rings. The molecule has 3 aromatic heterocycles. The van der Waals surface area contributed by atoms with Gasteiger partial charge in [-0.2, -0.15) is 0 Å². The Labute approximate surface area is 115 Å². The van der Waals surface area contributed by atoms with Crippen molar-refractivity contribution in [3.63, 3.8) is 0 Å². The zero-order chi connectivity index (χ0) is 13.1. The molecule has 3 heterocycles. The van der Waals surface area contributed by atoms with E-state index in [1.54, 1.807) is 23.9 Å². The lowest BCUT2D eigenvalue weighted by atomic mass is 10.3. The highest BCUT2D eigenvalue weighted by Gasteiger charge is 2.02. The Hall–Kier alpha value is -2.21. The summed E-state index contributed by atoms with van der Waals surface area (Å²) >= 11 is 1.66. The third-order valence-corrected chi connectivity index (χ3v) is 3.75. The van der Waals surface area contributed by atoms with E-state index >= 15 is 0 Å². The number of rotatable bonds is 4. The van der Waals surface area contributed by atoms with Crippen molar-refractivity contribution in [1.29, 1.82) is 0 Å². The Balaban J connectivity index is 1.68. The molecule has 0 fully saturated rings. The van der Waals surface area contributed by atoms with Crippen molar-refractivity contribution in [3.05, 3.63) is 53.1 Å². The molecular weight excluding hydrogens is 258 g/mol. The number of hydrogen-bond donors (Lipinski definition) is 1. The molecule has 0 unspecified atom stereocenters. The van der Waals surface area contributed by atoms with Crippen LogP contribution in [0.3, 0.4) is 0 Å². The molecule has 0 atom stereocenters. The Morgan fingerprint density at radius 1 is 1.32 bits per heavy atom. The van der Waals surface area contributed by atoms with Crippen LogP contribution in [0.25, 0.3) is 5.82 Å². The quantitative estimate of drug-likeness (QED) is 0.792. The van der Waals surface area contributed by atoms with Crippen LogP contribution in [0.2, 0.25) is 0 Å². The average molecular weight is 271 g/mol. The molecular formula is C13H13N5S. The number of thiazole rings is 1. The lowest BCUT2D eigenvalue weighted by Gasteiger charge is -2.06. The predicted molar refractivity (Wildman–Crippen MR) is 75.5 cm³/mol. The first-order valence-corrected chi connectivity index (χ1v) is 6.78. The van der Waals surface area contributed by atoms with E-state index in [2.05, 4.69) is 20.3 Å². The highest BCUT2D eigenvalue weighted by Crippen LogP contribution is 2.15. The normalized spacial score (nSPS) is 10.6. The summed E-state index contributed by atoms with van der Waals surface area (Å²) in [6, 6.07) is 3.97. The summed E-state index contributed by atoms with van der Waals surface area (Å²) in [6.07, 6.45) is 7.17. The smallest absolute Gasteiger partial charge is 0.137 e. The van der Waals surface area contributed by atoms with Gasteiger partial charge in [0.15, 0.2) is 0 Å². The fourth-order valence-electron chi connectivity index (χ4n) is 1.72. The first-order chi connectivity index (χ1) is 9.33. The molecule has 0 saturated heterocycles. The average Bonchev–Trinajstić information content (AvgIpc) is 3.09. The number of aryl methyl sites for hydroxylation is 1. The molecule has 0 spiro atoms. The first-order valence-electron chi connectivity index (χ1n) is 5.90. The van der Waals surface area contributed by atoms with Crippen LogP contribution in [0.1, 0.15) is 10.6 Å². The second-order valence-electron chi connectivity index (χ2n) is 4.09. The summed E-state index contributed by atoms with van der Waals surface area (Å²) in [5, 5.41) is 3.34. The minimum atomic E-state index is 0.780. The molecule has 0 bridgehead atoms. The minimum absolute atomic E-state index is 0.780. The van der Waals surface area contributed by atoms with Gasteiger partial charge in [-0.1, -0.05) is 0 Å². The van der Waals surface area contributed by atoms with Crippen molar-refractivity contribution in [1.82, 2.24) is 19.5 Å². The zero-order valence-electron chi connectivity index (χ0n) is 10.4. The van der Waals surface area contributed by atoms with Crippen LogP contribution < -0.4 is 5.32 Å². The van der Waals surface area contributed by atoms with Gasteiger partial charge in [0.2, 0.25) is 0 Å². The second kappa shape index (κ2) is 5.19. The highest BCUT2D eigenvalue weighted by molar-refractivity contribution is 7.09. The summed E-state index contributed by atoms with van der Waals surface area (Å²) < 4.78 is 1.87. The van der Waals surface area contributed by atoms with E-state index in [1.165, 1.54) is 4.88 Å². The van der Waals surface area contributed by atoms with Crippen molar-refractivity contribution in [3.8, 4) is 5.82 Å². The van der Waals surface area contributed by atoms with Gasteiger partial charge in [-0.3, -0.25) is 4.57 Å². The lowest BCUT2D eigenvalue weighted by molar-refractivity contribution is 0.990. The number of hydrogen-bond acceptors (Lipinski definition) is 5. The molecule has 0 amide bonds. The van der Waals surface area contributed by atoms with Crippen molar-refractivity contribution in [2.45, 2.75) is 13.5 Å². The molecule has 19 heavy (non-hydrogen) atoms. The van der Waals surface area contributed by atoms with Crippen LogP contribution in [0, 0.1) is 6.92 Å². The molecule has 1 N–H and O–H groups in total. The van der Waals surface area contributed by atoms with Gasteiger partial charge in [-0.15, -0.1) is 11.3 Å². The first kappa shape index (κ1) is 11.9.